The van der Waals surface area contributed by atoms with Crippen molar-refractivity contribution in [2.75, 3.05) is 5.73 Å². The van der Waals surface area contributed by atoms with E-state index >= 15 is 0 Å². The van der Waals surface area contributed by atoms with Gasteiger partial charge in [-0.05, 0) is 24.3 Å². The number of H-pyrrole nitrogens is 1. The summed E-state index contributed by atoms with van der Waals surface area (Å²) in [5.74, 6) is 0. The van der Waals surface area contributed by atoms with Crippen molar-refractivity contribution in [2.45, 2.75) is 0 Å². The van der Waals surface area contributed by atoms with E-state index in [4.69, 9.17) is 23.3 Å². The minimum absolute atomic E-state index is 0.776. The molecule has 2 aromatic carbocycles. The number of hydrogen-bond acceptors (Lipinski definition) is 4. The van der Waals surface area contributed by atoms with Crippen LogP contribution in [0, 0.1) is 0 Å². The fourth-order valence-corrected chi connectivity index (χ4v) is 2.47. The normalized spacial score (nSPS) is 11.6. The number of nitrogen functional groups attached to an aromatic ring is 1. The van der Waals surface area contributed by atoms with Crippen molar-refractivity contribution in [3.05, 3.63) is 48.5 Å². The molecule has 7 nitrogen and oxygen atoms in total. The molecule has 2 aliphatic rings. The summed E-state index contributed by atoms with van der Waals surface area (Å²) in [6.07, 6.45) is 0. The van der Waals surface area contributed by atoms with Crippen molar-refractivity contribution < 1.29 is 17.5 Å². The predicted molar refractivity (Wildman–Crippen MR) is 88.8 cm³/mol. The molecule has 0 fully saturated rings. The Bertz CT molecular complexity index is 1060. The molecule has 0 amide bonds. The number of fused-ring (bicyclic) bond motifs is 4. The molecule has 0 bridgehead atoms. The molecule has 8 heteroatoms. The highest BCUT2D eigenvalue weighted by atomic mass is 32.3. The molecule has 0 saturated heterocycles. The number of hydrogen-bond donors (Lipinski definition) is 4. The minimum atomic E-state index is -4.67. The zero-order chi connectivity index (χ0) is 16.6. The van der Waals surface area contributed by atoms with E-state index in [0.29, 0.717) is 0 Å². The third kappa shape index (κ3) is 3.24. The standard InChI is InChI=1S/C15H11N3.H2O4S/c16-11-5-3-7-13-10(11)8-14-15(18-13)9-4-1-2-6-12(9)17-14;1-5(2,3)4/h1-8,18H,16H2;(H2,1,2,3,4). The Hall–Kier alpha value is -2.68. The number of aromatic amines is 1. The maximum Gasteiger partial charge on any atom is 0.394 e. The first kappa shape index (κ1) is 15.2. The lowest BCUT2D eigenvalue weighted by atomic mass is 10.1. The lowest BCUT2D eigenvalue weighted by molar-refractivity contribution is 0.381. The van der Waals surface area contributed by atoms with Gasteiger partial charge in [0, 0.05) is 22.0 Å². The van der Waals surface area contributed by atoms with Crippen molar-refractivity contribution in [2.24, 2.45) is 0 Å². The fourth-order valence-electron chi connectivity index (χ4n) is 2.47. The topological polar surface area (TPSA) is 129 Å². The molecule has 118 valence electrons. The van der Waals surface area contributed by atoms with Crippen LogP contribution in [-0.4, -0.2) is 27.5 Å². The number of benzene rings is 2. The summed E-state index contributed by atoms with van der Waals surface area (Å²) in [5, 5.41) is 2.17. The average Bonchev–Trinajstić information content (AvgIpc) is 2.82. The molecule has 23 heavy (non-hydrogen) atoms. The van der Waals surface area contributed by atoms with Gasteiger partial charge in [-0.1, -0.05) is 24.3 Å². The molecule has 0 spiro atoms. The van der Waals surface area contributed by atoms with Gasteiger partial charge in [0.2, 0.25) is 0 Å². The highest BCUT2D eigenvalue weighted by molar-refractivity contribution is 7.79. The number of pyridine rings is 1. The highest BCUT2D eigenvalue weighted by Crippen LogP contribution is 2.33. The molecule has 4 rings (SSSR count). The van der Waals surface area contributed by atoms with E-state index in [1.165, 1.54) is 0 Å². The van der Waals surface area contributed by atoms with Gasteiger partial charge in [-0.3, -0.25) is 9.11 Å². The third-order valence-electron chi connectivity index (χ3n) is 3.35. The Kier molecular flexibility index (Phi) is 3.64. The molecule has 2 aromatic rings. The van der Waals surface area contributed by atoms with Gasteiger partial charge in [0.25, 0.3) is 0 Å². The van der Waals surface area contributed by atoms with E-state index in [0.717, 1.165) is 38.9 Å². The maximum absolute atomic E-state index is 8.74. The highest BCUT2D eigenvalue weighted by Gasteiger charge is 2.13. The SMILES string of the molecule is Nc1cccc2[nH]c3c4ccccc4nc-3cc12.O=S(=O)(O)O. The molecule has 0 atom stereocenters. The van der Waals surface area contributed by atoms with Crippen LogP contribution in [0.25, 0.3) is 33.2 Å². The Balaban J connectivity index is 0.000000276. The number of rotatable bonds is 0. The van der Waals surface area contributed by atoms with Crippen LogP contribution in [0.5, 0.6) is 0 Å². The fraction of sp³-hybridized carbons (Fsp3) is 0. The van der Waals surface area contributed by atoms with Crippen LogP contribution in [0.15, 0.2) is 48.5 Å². The first-order chi connectivity index (χ1) is 10.8. The van der Waals surface area contributed by atoms with Crippen LogP contribution in [0.2, 0.25) is 0 Å². The number of para-hydroxylation sites is 1. The number of aromatic nitrogens is 2. The first-order valence-corrected chi connectivity index (χ1v) is 7.98. The zero-order valence-electron chi connectivity index (χ0n) is 11.8. The van der Waals surface area contributed by atoms with Gasteiger partial charge in [0.1, 0.15) is 0 Å². The molecule has 2 heterocycles. The van der Waals surface area contributed by atoms with Gasteiger partial charge in [-0.2, -0.15) is 8.42 Å². The summed E-state index contributed by atoms with van der Waals surface area (Å²) in [5.41, 5.74) is 10.9. The largest absolute Gasteiger partial charge is 0.398 e. The van der Waals surface area contributed by atoms with E-state index in [-0.39, 0.29) is 0 Å². The zero-order valence-corrected chi connectivity index (χ0v) is 12.6. The van der Waals surface area contributed by atoms with E-state index in [1.807, 2.05) is 36.4 Å². The van der Waals surface area contributed by atoms with Gasteiger partial charge in [0.05, 0.1) is 16.9 Å². The number of nitrogens with zero attached hydrogens (tertiary/aromatic N) is 1. The van der Waals surface area contributed by atoms with Gasteiger partial charge in [-0.25, -0.2) is 4.98 Å². The van der Waals surface area contributed by atoms with Gasteiger partial charge < -0.3 is 10.7 Å². The molecule has 0 radical (unpaired) electrons. The van der Waals surface area contributed by atoms with Crippen LogP contribution in [0.4, 0.5) is 5.69 Å². The molecule has 2 aliphatic heterocycles. The summed E-state index contributed by atoms with van der Waals surface area (Å²) in [4.78, 5) is 8.05. The van der Waals surface area contributed by atoms with Crippen molar-refractivity contribution in [3.63, 3.8) is 0 Å². The van der Waals surface area contributed by atoms with E-state index < -0.39 is 10.4 Å². The quantitative estimate of drug-likeness (QED) is 0.289. The van der Waals surface area contributed by atoms with Crippen LogP contribution >= 0.6 is 0 Å². The third-order valence-corrected chi connectivity index (χ3v) is 3.35. The molecule has 5 N–H and O–H groups in total. The minimum Gasteiger partial charge on any atom is -0.398 e. The van der Waals surface area contributed by atoms with Crippen LogP contribution < -0.4 is 5.73 Å². The molecule has 0 aliphatic carbocycles. The smallest absolute Gasteiger partial charge is 0.394 e. The Morgan fingerprint density at radius 3 is 2.43 bits per heavy atom. The Labute approximate surface area is 131 Å². The van der Waals surface area contributed by atoms with Crippen molar-refractivity contribution in [3.8, 4) is 11.4 Å². The van der Waals surface area contributed by atoms with Gasteiger partial charge in [0.15, 0.2) is 0 Å². The average molecular weight is 331 g/mol. The van der Waals surface area contributed by atoms with Crippen LogP contribution in [-0.2, 0) is 10.4 Å². The number of nitrogens with two attached hydrogens (primary N) is 1. The predicted octanol–water partition coefficient (Wildman–Crippen LogP) is 2.75. The van der Waals surface area contributed by atoms with Crippen molar-refractivity contribution >= 4 is 37.9 Å². The second-order valence-electron chi connectivity index (χ2n) is 4.91. The molecule has 0 aromatic heterocycles. The van der Waals surface area contributed by atoms with Crippen molar-refractivity contribution in [1.29, 1.82) is 0 Å². The summed E-state index contributed by atoms with van der Waals surface area (Å²) in [6, 6.07) is 16.1. The Morgan fingerprint density at radius 2 is 1.70 bits per heavy atom. The Morgan fingerprint density at radius 1 is 1.00 bits per heavy atom. The molecule has 0 unspecified atom stereocenters. The molecular formula is C15H13N3O4S. The molecule has 0 saturated carbocycles. The van der Waals surface area contributed by atoms with Crippen molar-refractivity contribution in [1.82, 2.24) is 9.97 Å². The van der Waals surface area contributed by atoms with Crippen LogP contribution in [0.3, 0.4) is 0 Å². The van der Waals surface area contributed by atoms with E-state index in [2.05, 4.69) is 22.1 Å². The second kappa shape index (κ2) is 5.51. The number of anilines is 1. The maximum atomic E-state index is 8.74. The van der Waals surface area contributed by atoms with Gasteiger partial charge >= 0.3 is 10.4 Å². The van der Waals surface area contributed by atoms with Gasteiger partial charge in [-0.15, -0.1) is 0 Å². The summed E-state index contributed by atoms with van der Waals surface area (Å²) in [6.45, 7) is 0. The molecular weight excluding hydrogens is 318 g/mol. The lowest BCUT2D eigenvalue weighted by Gasteiger charge is -2.05. The van der Waals surface area contributed by atoms with E-state index in [9.17, 15) is 0 Å². The lowest BCUT2D eigenvalue weighted by Crippen LogP contribution is -1.91. The summed E-state index contributed by atoms with van der Waals surface area (Å²) >= 11 is 0. The van der Waals surface area contributed by atoms with E-state index in [1.54, 1.807) is 0 Å². The first-order valence-electron chi connectivity index (χ1n) is 6.58. The second-order valence-corrected chi connectivity index (χ2v) is 5.81. The summed E-state index contributed by atoms with van der Waals surface area (Å²) < 4.78 is 31.6. The monoisotopic (exact) mass is 331 g/mol. The van der Waals surface area contributed by atoms with Crippen LogP contribution in [0.1, 0.15) is 0 Å². The summed E-state index contributed by atoms with van der Waals surface area (Å²) in [7, 11) is -4.67. The number of nitrogens with one attached hydrogen (secondary N) is 1.